The molecular formula is C17H22N2O6S. The summed E-state index contributed by atoms with van der Waals surface area (Å²) < 4.78 is 36.2. The van der Waals surface area contributed by atoms with Crippen LogP contribution in [-0.4, -0.2) is 59.0 Å². The Morgan fingerprint density at radius 3 is 2.58 bits per heavy atom. The number of esters is 1. The lowest BCUT2D eigenvalue weighted by Crippen LogP contribution is -2.31. The third-order valence-electron chi connectivity index (χ3n) is 3.95. The minimum absolute atomic E-state index is 0.0396. The molecule has 0 aromatic heterocycles. The maximum Gasteiger partial charge on any atom is 0.331 e. The summed E-state index contributed by atoms with van der Waals surface area (Å²) in [5, 5.41) is 0. The molecule has 142 valence electrons. The third kappa shape index (κ3) is 5.06. The van der Waals surface area contributed by atoms with Crippen LogP contribution in [0.1, 0.15) is 18.4 Å². The van der Waals surface area contributed by atoms with Crippen LogP contribution in [0.3, 0.4) is 0 Å². The van der Waals surface area contributed by atoms with Gasteiger partial charge >= 0.3 is 5.97 Å². The van der Waals surface area contributed by atoms with E-state index in [2.05, 4.69) is 4.72 Å². The number of ether oxygens (including phenoxy) is 2. The molecule has 0 unspecified atom stereocenters. The molecule has 26 heavy (non-hydrogen) atoms. The number of nitrogens with one attached hydrogen (secondary N) is 1. The number of sulfonamides is 1. The van der Waals surface area contributed by atoms with E-state index in [1.807, 2.05) is 0 Å². The number of amides is 1. The Bertz CT molecular complexity index is 797. The summed E-state index contributed by atoms with van der Waals surface area (Å²) >= 11 is 0. The van der Waals surface area contributed by atoms with Gasteiger partial charge in [0.05, 0.1) is 7.11 Å². The molecule has 0 radical (unpaired) electrons. The van der Waals surface area contributed by atoms with Crippen molar-refractivity contribution in [2.45, 2.75) is 17.7 Å². The highest BCUT2D eigenvalue weighted by Crippen LogP contribution is 2.25. The zero-order valence-corrected chi connectivity index (χ0v) is 15.5. The van der Waals surface area contributed by atoms with Gasteiger partial charge in [-0.3, -0.25) is 4.79 Å². The lowest BCUT2D eigenvalue weighted by molar-refractivity contribution is -0.147. The van der Waals surface area contributed by atoms with Crippen LogP contribution in [0, 0.1) is 0 Å². The second kappa shape index (κ2) is 8.81. The highest BCUT2D eigenvalue weighted by Gasteiger charge is 2.19. The fourth-order valence-electron chi connectivity index (χ4n) is 2.52. The Kier molecular flexibility index (Phi) is 6.76. The van der Waals surface area contributed by atoms with Gasteiger partial charge in [0.25, 0.3) is 5.91 Å². The molecule has 1 amide bonds. The summed E-state index contributed by atoms with van der Waals surface area (Å²) in [5.41, 5.74) is 0.474. The molecular weight excluding hydrogens is 360 g/mol. The first kappa shape index (κ1) is 19.9. The minimum Gasteiger partial charge on any atom is -0.495 e. The summed E-state index contributed by atoms with van der Waals surface area (Å²) in [5.74, 6) is -0.697. The van der Waals surface area contributed by atoms with Crippen LogP contribution in [0.4, 0.5) is 0 Å². The average molecular weight is 382 g/mol. The third-order valence-corrected chi connectivity index (χ3v) is 5.39. The number of nitrogens with zero attached hydrogens (tertiary/aromatic N) is 1. The van der Waals surface area contributed by atoms with Gasteiger partial charge in [-0.25, -0.2) is 17.9 Å². The highest BCUT2D eigenvalue weighted by atomic mass is 32.2. The molecule has 1 aromatic carbocycles. The maximum absolute atomic E-state index is 12.0. The van der Waals surface area contributed by atoms with Gasteiger partial charge in [-0.2, -0.15) is 0 Å². The lowest BCUT2D eigenvalue weighted by Gasteiger charge is -2.14. The quantitative estimate of drug-likeness (QED) is 0.552. The Labute approximate surface area is 152 Å². The number of methoxy groups -OCH3 is 1. The van der Waals surface area contributed by atoms with Crippen molar-refractivity contribution in [3.8, 4) is 5.75 Å². The van der Waals surface area contributed by atoms with Crippen LogP contribution >= 0.6 is 0 Å². The van der Waals surface area contributed by atoms with Crippen molar-refractivity contribution in [2.24, 2.45) is 0 Å². The fraction of sp³-hybridized carbons (Fsp3) is 0.412. The van der Waals surface area contributed by atoms with E-state index in [0.717, 1.165) is 18.9 Å². The maximum atomic E-state index is 12.0. The largest absolute Gasteiger partial charge is 0.495 e. The molecule has 9 heteroatoms. The summed E-state index contributed by atoms with van der Waals surface area (Å²) in [6.45, 7) is 1.09. The molecule has 0 aliphatic carbocycles. The molecule has 8 nitrogen and oxygen atoms in total. The van der Waals surface area contributed by atoms with Crippen LogP contribution in [0.2, 0.25) is 0 Å². The lowest BCUT2D eigenvalue weighted by atomic mass is 10.2. The van der Waals surface area contributed by atoms with E-state index in [1.54, 1.807) is 11.0 Å². The van der Waals surface area contributed by atoms with E-state index < -0.39 is 16.0 Å². The van der Waals surface area contributed by atoms with Crippen molar-refractivity contribution in [1.82, 2.24) is 9.62 Å². The number of carbonyl (C=O) groups is 2. The van der Waals surface area contributed by atoms with Crippen molar-refractivity contribution >= 4 is 28.0 Å². The topological polar surface area (TPSA) is 102 Å². The van der Waals surface area contributed by atoms with Crippen LogP contribution in [0.15, 0.2) is 29.2 Å². The molecule has 1 aromatic rings. The zero-order chi connectivity index (χ0) is 19.2. The van der Waals surface area contributed by atoms with Crippen molar-refractivity contribution < 1.29 is 27.5 Å². The average Bonchev–Trinajstić information content (AvgIpc) is 3.19. The first-order valence-electron chi connectivity index (χ1n) is 8.11. The van der Waals surface area contributed by atoms with E-state index in [4.69, 9.17) is 9.47 Å². The van der Waals surface area contributed by atoms with E-state index in [-0.39, 0.29) is 23.2 Å². The number of likely N-dealkylation sites (tertiary alicyclic amines) is 1. The number of rotatable bonds is 7. The van der Waals surface area contributed by atoms with Crippen LogP contribution in [-0.2, 0) is 24.3 Å². The summed E-state index contributed by atoms with van der Waals surface area (Å²) in [6, 6.07) is 4.47. The summed E-state index contributed by atoms with van der Waals surface area (Å²) in [4.78, 5) is 25.2. The number of benzene rings is 1. The standard InChI is InChI=1S/C17H22N2O6S/c1-18-26(22,23)15-11-13(5-7-14(15)24-2)6-8-17(21)25-12-16(20)19-9-3-4-10-19/h5-8,11,18H,3-4,9-10,12H2,1-2H3/b8-6+. The molecule has 1 fully saturated rings. The Balaban J connectivity index is 2.01. The smallest absolute Gasteiger partial charge is 0.331 e. The van der Waals surface area contributed by atoms with Crippen molar-refractivity contribution in [1.29, 1.82) is 0 Å². The molecule has 1 N–H and O–H groups in total. The summed E-state index contributed by atoms with van der Waals surface area (Å²) in [6.07, 6.45) is 4.50. The molecule has 0 atom stereocenters. The van der Waals surface area contributed by atoms with E-state index >= 15 is 0 Å². The number of hydrogen-bond acceptors (Lipinski definition) is 6. The van der Waals surface area contributed by atoms with Gasteiger partial charge < -0.3 is 14.4 Å². The van der Waals surface area contributed by atoms with Crippen LogP contribution in [0.25, 0.3) is 6.08 Å². The van der Waals surface area contributed by atoms with Gasteiger partial charge in [0.1, 0.15) is 10.6 Å². The number of hydrogen-bond donors (Lipinski definition) is 1. The first-order valence-corrected chi connectivity index (χ1v) is 9.60. The van der Waals surface area contributed by atoms with Crippen LogP contribution < -0.4 is 9.46 Å². The molecule has 0 bridgehead atoms. The molecule has 0 saturated carbocycles. The Morgan fingerprint density at radius 1 is 1.27 bits per heavy atom. The van der Waals surface area contributed by atoms with E-state index in [0.29, 0.717) is 18.7 Å². The monoisotopic (exact) mass is 382 g/mol. The van der Waals surface area contributed by atoms with E-state index in [1.165, 1.54) is 32.4 Å². The molecule has 1 aliphatic rings. The molecule has 0 spiro atoms. The molecule has 1 saturated heterocycles. The summed E-state index contributed by atoms with van der Waals surface area (Å²) in [7, 11) is -1.04. The van der Waals surface area contributed by atoms with Gasteiger partial charge in [0.15, 0.2) is 6.61 Å². The molecule has 1 aliphatic heterocycles. The molecule has 1 heterocycles. The Hall–Kier alpha value is -2.39. The minimum atomic E-state index is -3.71. The fourth-order valence-corrected chi connectivity index (χ4v) is 3.45. The predicted octanol–water partition coefficient (Wildman–Crippen LogP) is 0.782. The SMILES string of the molecule is CNS(=O)(=O)c1cc(/C=C/C(=O)OCC(=O)N2CCCC2)ccc1OC. The van der Waals surface area contributed by atoms with Crippen molar-refractivity contribution in [3.63, 3.8) is 0 Å². The molecule has 2 rings (SSSR count). The highest BCUT2D eigenvalue weighted by molar-refractivity contribution is 7.89. The van der Waals surface area contributed by atoms with Gasteiger partial charge in [-0.1, -0.05) is 6.07 Å². The zero-order valence-electron chi connectivity index (χ0n) is 14.7. The van der Waals surface area contributed by atoms with Crippen molar-refractivity contribution in [3.05, 3.63) is 29.8 Å². The van der Waals surface area contributed by atoms with Gasteiger partial charge in [-0.15, -0.1) is 0 Å². The van der Waals surface area contributed by atoms with Gasteiger partial charge in [-0.05, 0) is 43.7 Å². The number of carbonyl (C=O) groups excluding carboxylic acids is 2. The van der Waals surface area contributed by atoms with Crippen LogP contribution in [0.5, 0.6) is 5.75 Å². The van der Waals surface area contributed by atoms with Gasteiger partial charge in [0, 0.05) is 19.2 Å². The van der Waals surface area contributed by atoms with Gasteiger partial charge in [0.2, 0.25) is 10.0 Å². The second-order valence-corrected chi connectivity index (χ2v) is 7.50. The normalized spacial score (nSPS) is 14.6. The predicted molar refractivity (Wildman–Crippen MR) is 95.0 cm³/mol. The van der Waals surface area contributed by atoms with Crippen molar-refractivity contribution in [2.75, 3.05) is 33.9 Å². The Morgan fingerprint density at radius 2 is 1.96 bits per heavy atom. The van der Waals surface area contributed by atoms with E-state index in [9.17, 15) is 18.0 Å². The second-order valence-electron chi connectivity index (χ2n) is 5.65. The first-order chi connectivity index (χ1) is 12.4.